The van der Waals surface area contributed by atoms with Gasteiger partial charge in [0.15, 0.2) is 0 Å². The van der Waals surface area contributed by atoms with E-state index < -0.39 is 0 Å². The molecule has 7 heteroatoms. The van der Waals surface area contributed by atoms with Crippen molar-refractivity contribution in [1.29, 1.82) is 0 Å². The van der Waals surface area contributed by atoms with Crippen molar-refractivity contribution in [2.45, 2.75) is 82.5 Å². The number of nitrogens with one attached hydrogen (secondary N) is 2. The first-order chi connectivity index (χ1) is 13.7. The van der Waals surface area contributed by atoms with Crippen LogP contribution in [0.3, 0.4) is 0 Å². The highest BCUT2D eigenvalue weighted by molar-refractivity contribution is 5.79. The molecular weight excluding hydrogens is 358 g/mol. The molecule has 1 saturated carbocycles. The van der Waals surface area contributed by atoms with Crippen molar-refractivity contribution >= 4 is 11.8 Å². The minimum Gasteiger partial charge on any atom is -0.394 e. The fourth-order valence-corrected chi connectivity index (χ4v) is 4.38. The second-order valence-electron chi connectivity index (χ2n) is 8.59. The van der Waals surface area contributed by atoms with Crippen LogP contribution in [-0.4, -0.2) is 72.9 Å². The number of nitrogens with zero attached hydrogens (tertiary/aromatic N) is 1. The first-order valence-corrected chi connectivity index (χ1v) is 11.2. The second kappa shape index (κ2) is 11.1. The van der Waals surface area contributed by atoms with Gasteiger partial charge in [-0.25, -0.2) is 0 Å². The Balaban J connectivity index is 1.29. The number of carbonyl (C=O) groups is 2. The maximum Gasteiger partial charge on any atom is 0.223 e. The van der Waals surface area contributed by atoms with Crippen LogP contribution in [0.1, 0.15) is 64.2 Å². The van der Waals surface area contributed by atoms with Gasteiger partial charge >= 0.3 is 0 Å². The summed E-state index contributed by atoms with van der Waals surface area (Å²) in [6.45, 7) is 3.59. The van der Waals surface area contributed by atoms with Crippen LogP contribution in [0.2, 0.25) is 0 Å². The monoisotopic (exact) mass is 395 g/mol. The Morgan fingerprint density at radius 3 is 2.50 bits per heavy atom. The Bertz CT molecular complexity index is 506. The lowest BCUT2D eigenvalue weighted by Gasteiger charge is -2.37. The van der Waals surface area contributed by atoms with E-state index >= 15 is 0 Å². The summed E-state index contributed by atoms with van der Waals surface area (Å²) >= 11 is 0. The molecule has 0 unspecified atom stereocenters. The predicted octanol–water partition coefficient (Wildman–Crippen LogP) is 1.19. The maximum absolute atomic E-state index is 12.2. The Morgan fingerprint density at radius 2 is 1.82 bits per heavy atom. The van der Waals surface area contributed by atoms with E-state index in [1.807, 2.05) is 0 Å². The fraction of sp³-hybridized carbons (Fsp3) is 0.905. The van der Waals surface area contributed by atoms with Crippen LogP contribution in [0, 0.1) is 5.92 Å². The summed E-state index contributed by atoms with van der Waals surface area (Å²) in [5.74, 6) is 0.362. The van der Waals surface area contributed by atoms with Crippen molar-refractivity contribution in [2.24, 2.45) is 5.92 Å². The molecule has 2 aliphatic heterocycles. The van der Waals surface area contributed by atoms with Gasteiger partial charge in [0.05, 0.1) is 18.8 Å². The van der Waals surface area contributed by atoms with Crippen LogP contribution >= 0.6 is 0 Å². The third-order valence-electron chi connectivity index (χ3n) is 6.49. The number of likely N-dealkylation sites (tertiary alicyclic amines) is 1. The lowest BCUT2D eigenvalue weighted by atomic mass is 9.84. The van der Waals surface area contributed by atoms with Crippen molar-refractivity contribution in [1.82, 2.24) is 15.5 Å². The Morgan fingerprint density at radius 1 is 1.04 bits per heavy atom. The van der Waals surface area contributed by atoms with E-state index in [1.165, 1.54) is 19.3 Å². The SMILES string of the molecule is O=C(CCN1CCCCC1)NCC[C@H]1CC[C@@H](NC(=O)C2CCC2)[C@@H](CO)O1. The molecule has 3 atom stereocenters. The molecule has 3 aliphatic rings. The minimum absolute atomic E-state index is 0.0244. The molecule has 0 aromatic heterocycles. The van der Waals surface area contributed by atoms with E-state index in [4.69, 9.17) is 4.74 Å². The third kappa shape index (κ3) is 6.42. The smallest absolute Gasteiger partial charge is 0.223 e. The van der Waals surface area contributed by atoms with Crippen LogP contribution < -0.4 is 10.6 Å². The molecule has 3 fully saturated rings. The first kappa shape index (κ1) is 21.5. The van der Waals surface area contributed by atoms with Gasteiger partial charge in [-0.15, -0.1) is 0 Å². The molecular formula is C21H37N3O4. The van der Waals surface area contributed by atoms with E-state index in [2.05, 4.69) is 15.5 Å². The largest absolute Gasteiger partial charge is 0.394 e. The van der Waals surface area contributed by atoms with Crippen molar-refractivity contribution in [3.05, 3.63) is 0 Å². The summed E-state index contributed by atoms with van der Waals surface area (Å²) in [5, 5.41) is 15.7. The van der Waals surface area contributed by atoms with Crippen LogP contribution in [-0.2, 0) is 14.3 Å². The predicted molar refractivity (Wildman–Crippen MR) is 107 cm³/mol. The van der Waals surface area contributed by atoms with E-state index in [0.29, 0.717) is 13.0 Å². The summed E-state index contributed by atoms with van der Waals surface area (Å²) in [4.78, 5) is 26.6. The Labute approximate surface area is 168 Å². The highest BCUT2D eigenvalue weighted by Gasteiger charge is 2.34. The molecule has 0 aromatic carbocycles. The number of hydrogen-bond acceptors (Lipinski definition) is 5. The Hall–Kier alpha value is -1.18. The molecule has 3 rings (SSSR count). The number of hydrogen-bond donors (Lipinski definition) is 3. The number of piperidine rings is 1. The Kier molecular flexibility index (Phi) is 8.55. The number of amides is 2. The summed E-state index contributed by atoms with van der Waals surface area (Å²) in [6.07, 6.45) is 9.52. The zero-order valence-electron chi connectivity index (χ0n) is 17.0. The van der Waals surface area contributed by atoms with Crippen molar-refractivity contribution in [3.8, 4) is 0 Å². The van der Waals surface area contributed by atoms with Crippen LogP contribution in [0.4, 0.5) is 0 Å². The molecule has 0 spiro atoms. The lowest BCUT2D eigenvalue weighted by molar-refractivity contribution is -0.134. The summed E-state index contributed by atoms with van der Waals surface area (Å²) in [7, 11) is 0. The van der Waals surface area contributed by atoms with Gasteiger partial charge < -0.3 is 25.4 Å². The highest BCUT2D eigenvalue weighted by Crippen LogP contribution is 2.28. The molecule has 3 N–H and O–H groups in total. The standard InChI is InChI=1S/C21H37N3O4/c25-15-19-18(23-21(27)16-5-4-6-16)8-7-17(28-19)9-11-22-20(26)10-14-24-12-2-1-3-13-24/h16-19,25H,1-15H2,(H,22,26)(H,23,27)/t17-,18-,19-/m1/s1. The van der Waals surface area contributed by atoms with Crippen LogP contribution in [0.15, 0.2) is 0 Å². The van der Waals surface area contributed by atoms with Gasteiger partial charge in [-0.3, -0.25) is 9.59 Å². The first-order valence-electron chi connectivity index (χ1n) is 11.2. The van der Waals surface area contributed by atoms with Gasteiger partial charge in [0.2, 0.25) is 11.8 Å². The zero-order valence-corrected chi connectivity index (χ0v) is 17.0. The summed E-state index contributed by atoms with van der Waals surface area (Å²) in [5.41, 5.74) is 0. The van der Waals surface area contributed by atoms with E-state index in [-0.39, 0.29) is 42.6 Å². The van der Waals surface area contributed by atoms with Gasteiger partial charge in [-0.1, -0.05) is 12.8 Å². The van der Waals surface area contributed by atoms with Gasteiger partial charge in [-0.05, 0) is 58.0 Å². The number of rotatable bonds is 9. The van der Waals surface area contributed by atoms with Crippen molar-refractivity contribution in [2.75, 3.05) is 32.8 Å². The van der Waals surface area contributed by atoms with Gasteiger partial charge in [0, 0.05) is 25.4 Å². The van der Waals surface area contributed by atoms with E-state index in [1.54, 1.807) is 0 Å². The van der Waals surface area contributed by atoms with Gasteiger partial charge in [0.1, 0.15) is 6.10 Å². The molecule has 160 valence electrons. The molecule has 1 aliphatic carbocycles. The lowest BCUT2D eigenvalue weighted by Crippen LogP contribution is -2.53. The quantitative estimate of drug-likeness (QED) is 0.546. The molecule has 28 heavy (non-hydrogen) atoms. The van der Waals surface area contributed by atoms with Crippen molar-refractivity contribution < 1.29 is 19.4 Å². The molecule has 7 nitrogen and oxygen atoms in total. The molecule has 2 amide bonds. The van der Waals surface area contributed by atoms with E-state index in [0.717, 1.165) is 58.2 Å². The third-order valence-corrected chi connectivity index (χ3v) is 6.49. The average Bonchev–Trinajstić information content (AvgIpc) is 2.67. The maximum atomic E-state index is 12.2. The molecule has 2 saturated heterocycles. The number of ether oxygens (including phenoxy) is 1. The fourth-order valence-electron chi connectivity index (χ4n) is 4.38. The zero-order chi connectivity index (χ0) is 19.8. The normalized spacial score (nSPS) is 29.1. The topological polar surface area (TPSA) is 90.9 Å². The van der Waals surface area contributed by atoms with Crippen LogP contribution in [0.25, 0.3) is 0 Å². The molecule has 0 bridgehead atoms. The van der Waals surface area contributed by atoms with Gasteiger partial charge in [-0.2, -0.15) is 0 Å². The average molecular weight is 396 g/mol. The second-order valence-corrected chi connectivity index (χ2v) is 8.59. The van der Waals surface area contributed by atoms with E-state index in [9.17, 15) is 14.7 Å². The number of aliphatic hydroxyl groups excluding tert-OH is 1. The van der Waals surface area contributed by atoms with Gasteiger partial charge in [0.25, 0.3) is 0 Å². The molecule has 0 radical (unpaired) electrons. The number of carbonyl (C=O) groups excluding carboxylic acids is 2. The molecule has 0 aromatic rings. The van der Waals surface area contributed by atoms with Crippen LogP contribution in [0.5, 0.6) is 0 Å². The number of aliphatic hydroxyl groups is 1. The van der Waals surface area contributed by atoms with Crippen molar-refractivity contribution in [3.63, 3.8) is 0 Å². The summed E-state index contributed by atoms with van der Waals surface area (Å²) < 4.78 is 5.99. The molecule has 2 heterocycles. The highest BCUT2D eigenvalue weighted by atomic mass is 16.5. The summed E-state index contributed by atoms with van der Waals surface area (Å²) in [6, 6.07) is -0.103. The minimum atomic E-state index is -0.349.